The summed E-state index contributed by atoms with van der Waals surface area (Å²) in [5.41, 5.74) is 0.345. The molecule has 0 spiro atoms. The predicted octanol–water partition coefficient (Wildman–Crippen LogP) is 3.93. The van der Waals surface area contributed by atoms with Crippen LogP contribution in [0.25, 0.3) is 0 Å². The summed E-state index contributed by atoms with van der Waals surface area (Å²) in [5.74, 6) is 1.81. The van der Waals surface area contributed by atoms with Gasteiger partial charge in [0, 0.05) is 5.54 Å². The molecule has 1 aliphatic carbocycles. The summed E-state index contributed by atoms with van der Waals surface area (Å²) in [5, 5.41) is 0. The van der Waals surface area contributed by atoms with Crippen LogP contribution >= 0.6 is 0 Å². The summed E-state index contributed by atoms with van der Waals surface area (Å²) >= 11 is 0. The molecule has 0 aromatic rings. The zero-order chi connectivity index (χ0) is 11.5. The number of hydrogen-bond acceptors (Lipinski definition) is 1. The van der Waals surface area contributed by atoms with Crippen molar-refractivity contribution in [3.8, 4) is 0 Å². The molecular weight excluding hydrogens is 182 g/mol. The average molecular weight is 211 g/mol. The summed E-state index contributed by atoms with van der Waals surface area (Å²) in [4.78, 5) is 2.38. The Kier molecular flexibility index (Phi) is 4.64. The quantitative estimate of drug-likeness (QED) is 0.681. The van der Waals surface area contributed by atoms with E-state index in [-0.39, 0.29) is 0 Å². The average Bonchev–Trinajstić information content (AvgIpc) is 2.18. The van der Waals surface area contributed by atoms with Crippen molar-refractivity contribution in [2.24, 2.45) is 11.8 Å². The standard InChI is InChI=1S/C14H29N/c1-12(14(2,3)15(4)5)11-13-9-7-6-8-10-13/h12-13H,6-11H2,1-5H3. The molecule has 1 heteroatoms. The molecule has 1 atom stereocenters. The van der Waals surface area contributed by atoms with E-state index in [2.05, 4.69) is 39.8 Å². The molecule has 0 heterocycles. The monoisotopic (exact) mass is 211 g/mol. The second-order valence-corrected chi connectivity index (χ2v) is 6.19. The van der Waals surface area contributed by atoms with Crippen LogP contribution in [0.3, 0.4) is 0 Å². The highest BCUT2D eigenvalue weighted by Gasteiger charge is 2.30. The Labute approximate surface area is 96.2 Å². The minimum absolute atomic E-state index is 0.345. The van der Waals surface area contributed by atoms with Gasteiger partial charge < -0.3 is 4.90 Å². The van der Waals surface area contributed by atoms with Crippen molar-refractivity contribution >= 4 is 0 Å². The Morgan fingerprint density at radius 1 is 1.13 bits per heavy atom. The van der Waals surface area contributed by atoms with Crippen molar-refractivity contribution < 1.29 is 0 Å². The van der Waals surface area contributed by atoms with Crippen molar-refractivity contribution in [3.05, 3.63) is 0 Å². The molecule has 0 saturated heterocycles. The highest BCUT2D eigenvalue weighted by atomic mass is 15.1. The largest absolute Gasteiger partial charge is 0.304 e. The van der Waals surface area contributed by atoms with Gasteiger partial charge in [-0.3, -0.25) is 0 Å². The lowest BCUT2D eigenvalue weighted by Gasteiger charge is -2.40. The van der Waals surface area contributed by atoms with Gasteiger partial charge in [0.1, 0.15) is 0 Å². The van der Waals surface area contributed by atoms with E-state index in [0.717, 1.165) is 11.8 Å². The van der Waals surface area contributed by atoms with Crippen LogP contribution in [-0.4, -0.2) is 24.5 Å². The third-order valence-corrected chi connectivity index (χ3v) is 4.77. The molecule has 1 aliphatic rings. The van der Waals surface area contributed by atoms with Gasteiger partial charge in [-0.2, -0.15) is 0 Å². The first-order chi connectivity index (χ1) is 6.94. The summed E-state index contributed by atoms with van der Waals surface area (Å²) in [6.45, 7) is 7.18. The number of hydrogen-bond donors (Lipinski definition) is 0. The van der Waals surface area contributed by atoms with E-state index in [0.29, 0.717) is 5.54 Å². The molecule has 1 nitrogen and oxygen atoms in total. The summed E-state index contributed by atoms with van der Waals surface area (Å²) < 4.78 is 0. The van der Waals surface area contributed by atoms with Gasteiger partial charge in [-0.1, -0.05) is 39.0 Å². The van der Waals surface area contributed by atoms with E-state index in [1.807, 2.05) is 0 Å². The molecule has 0 bridgehead atoms. The molecule has 1 saturated carbocycles. The van der Waals surface area contributed by atoms with Crippen molar-refractivity contribution in [2.75, 3.05) is 14.1 Å². The lowest BCUT2D eigenvalue weighted by Crippen LogP contribution is -2.44. The number of nitrogens with zero attached hydrogens (tertiary/aromatic N) is 1. The predicted molar refractivity (Wildman–Crippen MR) is 68.1 cm³/mol. The summed E-state index contributed by atoms with van der Waals surface area (Å²) in [6.07, 6.45) is 8.80. The minimum Gasteiger partial charge on any atom is -0.304 e. The number of rotatable bonds is 4. The Bertz CT molecular complexity index is 178. The fraction of sp³-hybridized carbons (Fsp3) is 1.00. The summed E-state index contributed by atoms with van der Waals surface area (Å²) in [6, 6.07) is 0. The molecule has 15 heavy (non-hydrogen) atoms. The minimum atomic E-state index is 0.345. The SMILES string of the molecule is CC(CC1CCCCC1)C(C)(C)N(C)C. The highest BCUT2D eigenvalue weighted by molar-refractivity contribution is 4.85. The third-order valence-electron chi connectivity index (χ3n) is 4.77. The van der Waals surface area contributed by atoms with Crippen LogP contribution in [0.2, 0.25) is 0 Å². The first-order valence-corrected chi connectivity index (χ1v) is 6.62. The van der Waals surface area contributed by atoms with Crippen LogP contribution in [0.1, 0.15) is 59.3 Å². The van der Waals surface area contributed by atoms with Gasteiger partial charge in [0.15, 0.2) is 0 Å². The molecule has 0 N–H and O–H groups in total. The van der Waals surface area contributed by atoms with Crippen LogP contribution in [-0.2, 0) is 0 Å². The smallest absolute Gasteiger partial charge is 0.0172 e. The Morgan fingerprint density at radius 3 is 2.13 bits per heavy atom. The first-order valence-electron chi connectivity index (χ1n) is 6.62. The van der Waals surface area contributed by atoms with Crippen LogP contribution < -0.4 is 0 Å². The van der Waals surface area contributed by atoms with Gasteiger partial charge >= 0.3 is 0 Å². The maximum absolute atomic E-state index is 2.43. The van der Waals surface area contributed by atoms with E-state index < -0.39 is 0 Å². The molecule has 0 radical (unpaired) electrons. The highest BCUT2D eigenvalue weighted by Crippen LogP contribution is 2.34. The van der Waals surface area contributed by atoms with E-state index in [1.54, 1.807) is 0 Å². The fourth-order valence-corrected chi connectivity index (χ4v) is 2.65. The molecule has 0 aromatic heterocycles. The van der Waals surface area contributed by atoms with Crippen molar-refractivity contribution in [3.63, 3.8) is 0 Å². The van der Waals surface area contributed by atoms with Crippen LogP contribution in [0.15, 0.2) is 0 Å². The second kappa shape index (κ2) is 5.34. The van der Waals surface area contributed by atoms with Gasteiger partial charge in [-0.25, -0.2) is 0 Å². The third kappa shape index (κ3) is 3.48. The van der Waals surface area contributed by atoms with E-state index >= 15 is 0 Å². The van der Waals surface area contributed by atoms with Crippen LogP contribution in [0, 0.1) is 11.8 Å². The molecule has 1 unspecified atom stereocenters. The first kappa shape index (κ1) is 13.0. The molecule has 90 valence electrons. The van der Waals surface area contributed by atoms with Gasteiger partial charge in [0.2, 0.25) is 0 Å². The Balaban J connectivity index is 2.42. The van der Waals surface area contributed by atoms with Gasteiger partial charge in [0.25, 0.3) is 0 Å². The lowest BCUT2D eigenvalue weighted by molar-refractivity contribution is 0.102. The Hall–Kier alpha value is -0.0400. The molecule has 1 fully saturated rings. The molecule has 0 amide bonds. The maximum Gasteiger partial charge on any atom is 0.0172 e. The lowest BCUT2D eigenvalue weighted by atomic mass is 9.76. The Morgan fingerprint density at radius 2 is 1.67 bits per heavy atom. The molecule has 0 aliphatic heterocycles. The summed E-state index contributed by atoms with van der Waals surface area (Å²) in [7, 11) is 4.41. The normalized spacial score (nSPS) is 22.0. The molecule has 0 aromatic carbocycles. The van der Waals surface area contributed by atoms with E-state index in [1.165, 1.54) is 38.5 Å². The molecule has 1 rings (SSSR count). The second-order valence-electron chi connectivity index (χ2n) is 6.19. The van der Waals surface area contributed by atoms with Crippen LogP contribution in [0.4, 0.5) is 0 Å². The van der Waals surface area contributed by atoms with Crippen molar-refractivity contribution in [1.29, 1.82) is 0 Å². The van der Waals surface area contributed by atoms with E-state index in [4.69, 9.17) is 0 Å². The van der Waals surface area contributed by atoms with Crippen molar-refractivity contribution in [1.82, 2.24) is 4.90 Å². The van der Waals surface area contributed by atoms with Crippen molar-refractivity contribution in [2.45, 2.75) is 64.8 Å². The van der Waals surface area contributed by atoms with Gasteiger partial charge in [-0.15, -0.1) is 0 Å². The van der Waals surface area contributed by atoms with E-state index in [9.17, 15) is 0 Å². The zero-order valence-corrected chi connectivity index (χ0v) is 11.3. The molecular formula is C14H29N. The maximum atomic E-state index is 2.43. The van der Waals surface area contributed by atoms with Crippen LogP contribution in [0.5, 0.6) is 0 Å². The zero-order valence-electron chi connectivity index (χ0n) is 11.3. The fourth-order valence-electron chi connectivity index (χ4n) is 2.65. The topological polar surface area (TPSA) is 3.24 Å². The van der Waals surface area contributed by atoms with Gasteiger partial charge in [0.05, 0.1) is 0 Å². The van der Waals surface area contributed by atoms with Gasteiger partial charge in [-0.05, 0) is 46.2 Å².